The number of hydrogen-bond donors (Lipinski definition) is 0. The molecule has 0 aliphatic heterocycles. The lowest BCUT2D eigenvalue weighted by Crippen LogP contribution is -2.25. The van der Waals surface area contributed by atoms with E-state index >= 15 is 0 Å². The third kappa shape index (κ3) is 4.82. The Balaban J connectivity index is 2.31. The summed E-state index contributed by atoms with van der Waals surface area (Å²) in [6.07, 6.45) is -5.40. The Morgan fingerprint density at radius 2 is 1.73 bits per heavy atom. The Hall–Kier alpha value is -2.41. The topological polar surface area (TPSA) is 44.8 Å². The molecule has 0 aliphatic rings. The molecule has 0 saturated heterocycles. The van der Waals surface area contributed by atoms with Crippen molar-refractivity contribution < 1.29 is 32.2 Å². The minimum absolute atomic E-state index is 0.0286. The molecule has 1 atom stereocenters. The Morgan fingerprint density at radius 1 is 1.08 bits per heavy atom. The number of esters is 1. The van der Waals surface area contributed by atoms with Crippen molar-refractivity contribution in [2.45, 2.75) is 26.1 Å². The molecule has 0 N–H and O–H groups in total. The van der Waals surface area contributed by atoms with Gasteiger partial charge in [-0.2, -0.15) is 13.2 Å². The number of aryl methyl sites for hydroxylation is 1. The van der Waals surface area contributed by atoms with Gasteiger partial charge >= 0.3 is 12.1 Å². The van der Waals surface area contributed by atoms with Crippen LogP contribution >= 0.6 is 11.6 Å². The van der Waals surface area contributed by atoms with Gasteiger partial charge in [0.15, 0.2) is 17.6 Å². The fourth-order valence-electron chi connectivity index (χ4n) is 2.08. The number of carbonyl (C=O) groups is 1. The lowest BCUT2D eigenvalue weighted by molar-refractivity contribution is -0.148. The predicted octanol–water partition coefficient (Wildman–Crippen LogP) is 5.40. The Bertz CT molecular complexity index is 806. The van der Waals surface area contributed by atoms with Gasteiger partial charge in [0.25, 0.3) is 0 Å². The van der Waals surface area contributed by atoms with Gasteiger partial charge in [0.1, 0.15) is 5.75 Å². The highest BCUT2D eigenvalue weighted by Gasteiger charge is 2.31. The van der Waals surface area contributed by atoms with Gasteiger partial charge in [0, 0.05) is 0 Å². The molecule has 0 aliphatic carbocycles. The second-order valence-electron chi connectivity index (χ2n) is 5.48. The molecular weight excluding hydrogens is 373 g/mol. The highest BCUT2D eigenvalue weighted by molar-refractivity contribution is 6.32. The van der Waals surface area contributed by atoms with E-state index in [1.807, 2.05) is 0 Å². The van der Waals surface area contributed by atoms with Crippen LogP contribution in [0.25, 0.3) is 0 Å². The molecule has 2 rings (SSSR count). The molecule has 2 aromatic carbocycles. The molecule has 4 nitrogen and oxygen atoms in total. The first-order valence-corrected chi connectivity index (χ1v) is 7.89. The minimum Gasteiger partial charge on any atom is -0.475 e. The van der Waals surface area contributed by atoms with Crippen molar-refractivity contribution in [1.82, 2.24) is 0 Å². The summed E-state index contributed by atoms with van der Waals surface area (Å²) in [6.45, 7) is 3.30. The number of rotatable bonds is 5. The monoisotopic (exact) mass is 388 g/mol. The largest absolute Gasteiger partial charge is 0.475 e. The molecule has 26 heavy (non-hydrogen) atoms. The first kappa shape index (κ1) is 19.9. The first-order valence-electron chi connectivity index (χ1n) is 7.51. The zero-order chi connectivity index (χ0) is 19.5. The van der Waals surface area contributed by atoms with Crippen LogP contribution in [0.1, 0.15) is 18.1 Å². The SMILES string of the molecule is COC(=O)C(C)Oc1ccc(C)cc1Oc1ccc(C(F)(F)F)cc1Cl. The quantitative estimate of drug-likeness (QED) is 0.643. The highest BCUT2D eigenvalue weighted by atomic mass is 35.5. The molecule has 0 amide bonds. The average molecular weight is 389 g/mol. The van der Waals surface area contributed by atoms with Crippen molar-refractivity contribution in [3.8, 4) is 17.2 Å². The fourth-order valence-corrected chi connectivity index (χ4v) is 2.29. The van der Waals surface area contributed by atoms with Crippen LogP contribution < -0.4 is 9.47 Å². The number of halogens is 4. The van der Waals surface area contributed by atoms with E-state index in [4.69, 9.17) is 21.1 Å². The molecule has 8 heteroatoms. The second kappa shape index (κ2) is 7.86. The third-order valence-corrected chi connectivity index (χ3v) is 3.71. The van der Waals surface area contributed by atoms with Gasteiger partial charge < -0.3 is 14.2 Å². The van der Waals surface area contributed by atoms with E-state index in [2.05, 4.69) is 4.74 Å². The molecule has 1 unspecified atom stereocenters. The van der Waals surface area contributed by atoms with Gasteiger partial charge in [-0.05, 0) is 49.7 Å². The highest BCUT2D eigenvalue weighted by Crippen LogP contribution is 2.39. The summed E-state index contributed by atoms with van der Waals surface area (Å²) in [4.78, 5) is 11.5. The van der Waals surface area contributed by atoms with Crippen LogP contribution in [0.3, 0.4) is 0 Å². The summed E-state index contributed by atoms with van der Waals surface area (Å²) < 4.78 is 53.9. The summed E-state index contributed by atoms with van der Waals surface area (Å²) >= 11 is 5.92. The number of hydrogen-bond acceptors (Lipinski definition) is 4. The Kier molecular flexibility index (Phi) is 6.02. The van der Waals surface area contributed by atoms with Crippen molar-refractivity contribution in [3.63, 3.8) is 0 Å². The molecular formula is C18H16ClF3O4. The first-order chi connectivity index (χ1) is 12.1. The third-order valence-electron chi connectivity index (χ3n) is 3.42. The molecule has 2 aromatic rings. The van der Waals surface area contributed by atoms with Crippen molar-refractivity contribution in [2.24, 2.45) is 0 Å². The van der Waals surface area contributed by atoms with Gasteiger partial charge in [0.05, 0.1) is 17.7 Å². The minimum atomic E-state index is -4.50. The van der Waals surface area contributed by atoms with Crippen molar-refractivity contribution in [2.75, 3.05) is 7.11 Å². The van der Waals surface area contributed by atoms with Crippen molar-refractivity contribution in [3.05, 3.63) is 52.5 Å². The van der Waals surface area contributed by atoms with Crippen molar-refractivity contribution in [1.29, 1.82) is 0 Å². The standard InChI is InChI=1S/C18H16ClF3O4/c1-10-4-6-15(25-11(2)17(23)24-3)16(8-10)26-14-7-5-12(9-13(14)19)18(20,21)22/h4-9,11H,1-3H3. The van der Waals surface area contributed by atoms with E-state index in [-0.39, 0.29) is 22.3 Å². The number of ether oxygens (including phenoxy) is 3. The molecule has 0 spiro atoms. The van der Waals surface area contributed by atoms with Crippen LogP contribution in [0.5, 0.6) is 17.2 Å². The van der Waals surface area contributed by atoms with E-state index in [0.29, 0.717) is 0 Å². The molecule has 0 bridgehead atoms. The van der Waals surface area contributed by atoms with Crippen molar-refractivity contribution >= 4 is 17.6 Å². The maximum atomic E-state index is 12.7. The average Bonchev–Trinajstić information content (AvgIpc) is 2.57. The summed E-state index contributed by atoms with van der Waals surface area (Å²) in [5, 5.41) is -0.201. The lowest BCUT2D eigenvalue weighted by atomic mass is 10.2. The van der Waals surface area contributed by atoms with E-state index in [9.17, 15) is 18.0 Å². The number of carbonyl (C=O) groups excluding carboxylic acids is 1. The van der Waals surface area contributed by atoms with E-state index < -0.39 is 23.8 Å². The Labute approximate surface area is 153 Å². The van der Waals surface area contributed by atoms with E-state index in [0.717, 1.165) is 23.8 Å². The molecule has 0 aromatic heterocycles. The second-order valence-corrected chi connectivity index (χ2v) is 5.89. The molecule has 0 fully saturated rings. The number of methoxy groups -OCH3 is 1. The maximum Gasteiger partial charge on any atom is 0.416 e. The molecule has 0 saturated carbocycles. The van der Waals surface area contributed by atoms with E-state index in [1.54, 1.807) is 25.1 Å². The summed E-state index contributed by atoms with van der Waals surface area (Å²) in [6, 6.07) is 7.72. The fraction of sp³-hybridized carbons (Fsp3) is 0.278. The van der Waals surface area contributed by atoms with Gasteiger partial charge in [-0.1, -0.05) is 17.7 Å². The van der Waals surface area contributed by atoms with Crippen LogP contribution in [-0.4, -0.2) is 19.2 Å². The number of alkyl halides is 3. The molecule has 0 heterocycles. The zero-order valence-electron chi connectivity index (χ0n) is 14.2. The van der Waals surface area contributed by atoms with Crippen LogP contribution in [0.15, 0.2) is 36.4 Å². The van der Waals surface area contributed by atoms with Crippen LogP contribution in [-0.2, 0) is 15.7 Å². The predicted molar refractivity (Wildman–Crippen MR) is 89.8 cm³/mol. The maximum absolute atomic E-state index is 12.7. The van der Waals surface area contributed by atoms with E-state index in [1.165, 1.54) is 14.0 Å². The van der Waals surface area contributed by atoms with Gasteiger partial charge in [-0.15, -0.1) is 0 Å². The van der Waals surface area contributed by atoms with Gasteiger partial charge in [0.2, 0.25) is 0 Å². The number of benzene rings is 2. The van der Waals surface area contributed by atoms with Crippen LogP contribution in [0, 0.1) is 6.92 Å². The normalized spacial score (nSPS) is 12.4. The van der Waals surface area contributed by atoms with Crippen LogP contribution in [0.2, 0.25) is 5.02 Å². The summed E-state index contributed by atoms with van der Waals surface area (Å²) in [5.74, 6) is -0.114. The Morgan fingerprint density at radius 3 is 2.31 bits per heavy atom. The summed E-state index contributed by atoms with van der Waals surface area (Å²) in [5.41, 5.74) is -0.0593. The lowest BCUT2D eigenvalue weighted by Gasteiger charge is -2.17. The molecule has 140 valence electrons. The summed E-state index contributed by atoms with van der Waals surface area (Å²) in [7, 11) is 1.23. The smallest absolute Gasteiger partial charge is 0.416 e. The van der Waals surface area contributed by atoms with Gasteiger partial charge in [-0.3, -0.25) is 0 Å². The zero-order valence-corrected chi connectivity index (χ0v) is 14.9. The van der Waals surface area contributed by atoms with Crippen LogP contribution in [0.4, 0.5) is 13.2 Å². The van der Waals surface area contributed by atoms with Gasteiger partial charge in [-0.25, -0.2) is 4.79 Å². The molecule has 0 radical (unpaired) electrons.